The quantitative estimate of drug-likeness (QED) is 0.882. The predicted molar refractivity (Wildman–Crippen MR) is 72.2 cm³/mol. The van der Waals surface area contributed by atoms with E-state index in [0.29, 0.717) is 6.42 Å². The third-order valence-electron chi connectivity index (χ3n) is 2.74. The zero-order valence-electron chi connectivity index (χ0n) is 10.2. The van der Waals surface area contributed by atoms with Crippen molar-refractivity contribution < 1.29 is 14.3 Å². The average Bonchev–Trinajstić information content (AvgIpc) is 2.85. The van der Waals surface area contributed by atoms with Gasteiger partial charge in [-0.1, -0.05) is 30.3 Å². The molecule has 5 heteroatoms. The van der Waals surface area contributed by atoms with E-state index in [4.69, 9.17) is 16.0 Å². The lowest BCUT2D eigenvalue weighted by Crippen LogP contribution is -2.39. The topological polar surface area (TPSA) is 62.5 Å². The molecule has 4 nitrogen and oxygen atoms in total. The van der Waals surface area contributed by atoms with Crippen LogP contribution < -0.4 is 5.32 Å². The van der Waals surface area contributed by atoms with Crippen LogP contribution in [0.25, 0.3) is 0 Å². The van der Waals surface area contributed by atoms with Gasteiger partial charge in [0, 0.05) is 0 Å². The van der Waals surface area contributed by atoms with Gasteiger partial charge < -0.3 is 14.8 Å². The first kappa shape index (κ1) is 13.6. The molecule has 0 aliphatic carbocycles. The summed E-state index contributed by atoms with van der Waals surface area (Å²) in [5, 5.41) is 12.1. The summed E-state index contributed by atoms with van der Waals surface area (Å²) < 4.78 is 4.86. The zero-order chi connectivity index (χ0) is 13.7. The van der Waals surface area contributed by atoms with Gasteiger partial charge >= 0.3 is 0 Å². The van der Waals surface area contributed by atoms with Gasteiger partial charge in [-0.05, 0) is 29.7 Å². The number of benzene rings is 1. The van der Waals surface area contributed by atoms with Gasteiger partial charge in [0.05, 0.1) is 24.5 Å². The molecule has 0 saturated carbocycles. The number of hydrogen-bond acceptors (Lipinski definition) is 3. The van der Waals surface area contributed by atoms with Gasteiger partial charge in [0.25, 0.3) is 5.91 Å². The smallest absolute Gasteiger partial charge is 0.256 e. The van der Waals surface area contributed by atoms with Crippen LogP contribution in [-0.2, 0) is 6.42 Å². The molecule has 0 spiro atoms. The van der Waals surface area contributed by atoms with Gasteiger partial charge in [0.2, 0.25) is 5.22 Å². The molecule has 0 aliphatic rings. The molecule has 1 unspecified atom stereocenters. The maximum Gasteiger partial charge on any atom is 0.256 e. The summed E-state index contributed by atoms with van der Waals surface area (Å²) >= 11 is 5.73. The second kappa shape index (κ2) is 6.41. The molecule has 1 aromatic heterocycles. The van der Waals surface area contributed by atoms with Gasteiger partial charge in [-0.2, -0.15) is 0 Å². The Morgan fingerprint density at radius 2 is 2.05 bits per heavy atom. The summed E-state index contributed by atoms with van der Waals surface area (Å²) in [7, 11) is 0. The van der Waals surface area contributed by atoms with E-state index < -0.39 is 0 Å². The molecule has 0 aliphatic heterocycles. The number of carbonyl (C=O) groups is 1. The molecule has 2 rings (SSSR count). The van der Waals surface area contributed by atoms with E-state index in [1.165, 1.54) is 12.3 Å². The van der Waals surface area contributed by atoms with E-state index in [1.807, 2.05) is 30.3 Å². The molecule has 0 bridgehead atoms. The lowest BCUT2D eigenvalue weighted by molar-refractivity contribution is 0.0916. The van der Waals surface area contributed by atoms with Gasteiger partial charge in [0.15, 0.2) is 0 Å². The molecule has 0 saturated heterocycles. The number of rotatable bonds is 5. The average molecular weight is 280 g/mol. The number of aliphatic hydroxyl groups excluding tert-OH is 1. The number of aliphatic hydroxyl groups is 1. The molecule has 1 heterocycles. The van der Waals surface area contributed by atoms with Crippen LogP contribution >= 0.6 is 11.6 Å². The number of amides is 1. The number of carbonyl (C=O) groups excluding carboxylic acids is 1. The van der Waals surface area contributed by atoms with Gasteiger partial charge in [-0.3, -0.25) is 4.79 Å². The van der Waals surface area contributed by atoms with Crippen molar-refractivity contribution in [3.05, 3.63) is 59.0 Å². The van der Waals surface area contributed by atoms with Crippen LogP contribution in [-0.4, -0.2) is 23.7 Å². The van der Waals surface area contributed by atoms with Crippen LogP contribution in [0.4, 0.5) is 0 Å². The minimum absolute atomic E-state index is 0.0499. The molecule has 1 amide bonds. The third-order valence-corrected chi connectivity index (χ3v) is 3.04. The van der Waals surface area contributed by atoms with Crippen molar-refractivity contribution in [2.75, 3.05) is 6.61 Å². The summed E-state index contributed by atoms with van der Waals surface area (Å²) in [5.41, 5.74) is 1.31. The highest BCUT2D eigenvalue weighted by molar-refractivity contribution is 6.32. The summed E-state index contributed by atoms with van der Waals surface area (Å²) in [4.78, 5) is 11.9. The summed E-state index contributed by atoms with van der Waals surface area (Å²) in [6.45, 7) is -0.143. The molecule has 1 aromatic carbocycles. The Morgan fingerprint density at radius 1 is 1.32 bits per heavy atom. The molecular formula is C14H14ClNO3. The Labute approximate surface area is 116 Å². The summed E-state index contributed by atoms with van der Waals surface area (Å²) in [5.74, 6) is -0.353. The van der Waals surface area contributed by atoms with E-state index >= 15 is 0 Å². The van der Waals surface area contributed by atoms with Crippen molar-refractivity contribution in [1.82, 2.24) is 5.32 Å². The summed E-state index contributed by atoms with van der Waals surface area (Å²) in [6.07, 6.45) is 1.90. The standard InChI is InChI=1S/C14H14ClNO3/c15-13-12(6-7-19-13)14(18)16-11(9-17)8-10-4-2-1-3-5-10/h1-7,11,17H,8-9H2,(H,16,18). The Balaban J connectivity index is 2.00. The van der Waals surface area contributed by atoms with E-state index in [-0.39, 0.29) is 29.3 Å². The lowest BCUT2D eigenvalue weighted by Gasteiger charge is -2.16. The maximum atomic E-state index is 11.9. The predicted octanol–water partition coefficient (Wildman–Crippen LogP) is 2.27. The summed E-state index contributed by atoms with van der Waals surface area (Å²) in [6, 6.07) is 10.8. The molecule has 1 atom stereocenters. The van der Waals surface area contributed by atoms with E-state index in [0.717, 1.165) is 5.56 Å². The van der Waals surface area contributed by atoms with Crippen molar-refractivity contribution in [1.29, 1.82) is 0 Å². The second-order valence-corrected chi connectivity index (χ2v) is 4.49. The fraction of sp³-hybridized carbons (Fsp3) is 0.214. The molecule has 2 N–H and O–H groups in total. The molecular weight excluding hydrogens is 266 g/mol. The highest BCUT2D eigenvalue weighted by atomic mass is 35.5. The Morgan fingerprint density at radius 3 is 2.63 bits per heavy atom. The number of halogens is 1. The minimum atomic E-state index is -0.360. The van der Waals surface area contributed by atoms with Crippen LogP contribution in [0.5, 0.6) is 0 Å². The Hall–Kier alpha value is -1.78. The van der Waals surface area contributed by atoms with Crippen LogP contribution in [0.3, 0.4) is 0 Å². The Bertz CT molecular complexity index is 539. The van der Waals surface area contributed by atoms with Gasteiger partial charge in [-0.15, -0.1) is 0 Å². The maximum absolute atomic E-state index is 11.9. The van der Waals surface area contributed by atoms with Crippen LogP contribution in [0, 0.1) is 0 Å². The van der Waals surface area contributed by atoms with Crippen molar-refractivity contribution in [3.8, 4) is 0 Å². The fourth-order valence-corrected chi connectivity index (χ4v) is 1.98. The van der Waals surface area contributed by atoms with Crippen molar-refractivity contribution >= 4 is 17.5 Å². The highest BCUT2D eigenvalue weighted by Crippen LogP contribution is 2.16. The molecule has 100 valence electrons. The van der Waals surface area contributed by atoms with Crippen molar-refractivity contribution in [2.24, 2.45) is 0 Å². The number of hydrogen-bond donors (Lipinski definition) is 2. The van der Waals surface area contributed by atoms with E-state index in [2.05, 4.69) is 5.32 Å². The van der Waals surface area contributed by atoms with E-state index in [9.17, 15) is 9.90 Å². The monoisotopic (exact) mass is 279 g/mol. The number of nitrogens with one attached hydrogen (secondary N) is 1. The Kier molecular flexibility index (Phi) is 4.60. The first-order valence-corrected chi connectivity index (χ1v) is 6.27. The van der Waals surface area contributed by atoms with E-state index in [1.54, 1.807) is 0 Å². The largest absolute Gasteiger partial charge is 0.452 e. The fourth-order valence-electron chi connectivity index (χ4n) is 1.78. The first-order chi connectivity index (χ1) is 9.20. The van der Waals surface area contributed by atoms with Crippen molar-refractivity contribution in [2.45, 2.75) is 12.5 Å². The zero-order valence-corrected chi connectivity index (χ0v) is 10.9. The molecule has 0 fully saturated rings. The first-order valence-electron chi connectivity index (χ1n) is 5.89. The van der Waals surface area contributed by atoms with Gasteiger partial charge in [-0.25, -0.2) is 0 Å². The van der Waals surface area contributed by atoms with Crippen molar-refractivity contribution in [3.63, 3.8) is 0 Å². The minimum Gasteiger partial charge on any atom is -0.452 e. The SMILES string of the molecule is O=C(NC(CO)Cc1ccccc1)c1ccoc1Cl. The molecule has 0 radical (unpaired) electrons. The third kappa shape index (κ3) is 3.59. The van der Waals surface area contributed by atoms with Crippen LogP contribution in [0.15, 0.2) is 47.1 Å². The number of furan rings is 1. The van der Waals surface area contributed by atoms with Gasteiger partial charge in [0.1, 0.15) is 0 Å². The molecule has 19 heavy (non-hydrogen) atoms. The highest BCUT2D eigenvalue weighted by Gasteiger charge is 2.17. The normalized spacial score (nSPS) is 12.1. The second-order valence-electron chi connectivity index (χ2n) is 4.15. The lowest BCUT2D eigenvalue weighted by atomic mass is 10.1. The van der Waals surface area contributed by atoms with Crippen LogP contribution in [0.2, 0.25) is 5.22 Å². The van der Waals surface area contributed by atoms with Crippen LogP contribution in [0.1, 0.15) is 15.9 Å². The molecule has 2 aromatic rings.